The third-order valence-electron chi connectivity index (χ3n) is 8.80. The molecule has 48 heavy (non-hydrogen) atoms. The summed E-state index contributed by atoms with van der Waals surface area (Å²) in [6.45, 7) is -1.19. The molecule has 0 aromatic heterocycles. The second-order valence-electron chi connectivity index (χ2n) is 12.1. The van der Waals surface area contributed by atoms with E-state index in [1.807, 2.05) is 0 Å². The minimum Gasteiger partial charge on any atom is -0.493 e. The average Bonchev–Trinajstić information content (AvgIpc) is 3.06. The van der Waals surface area contributed by atoms with Crippen molar-refractivity contribution in [2.75, 3.05) is 19.8 Å². The van der Waals surface area contributed by atoms with Gasteiger partial charge < -0.3 is 100 Å². The maximum absolute atomic E-state index is 12.6. The molecule has 21 heteroatoms. The van der Waals surface area contributed by atoms with Gasteiger partial charge in [0, 0.05) is 6.42 Å². The van der Waals surface area contributed by atoms with Crippen molar-refractivity contribution < 1.29 is 99.2 Å². The van der Waals surface area contributed by atoms with Crippen LogP contribution in [-0.2, 0) is 38.0 Å². The molecule has 0 radical (unpaired) electrons. The van der Waals surface area contributed by atoms with Crippen LogP contribution >= 0.6 is 0 Å². The van der Waals surface area contributed by atoms with Crippen LogP contribution in [0.1, 0.15) is 13.3 Å². The van der Waals surface area contributed by atoms with E-state index in [-0.39, 0.29) is 0 Å². The fraction of sp³-hybridized carbons (Fsp3) is 0.889. The predicted octanol–water partition coefficient (Wildman–Crippen LogP) is -7.71. The lowest BCUT2D eigenvalue weighted by Crippen LogP contribution is -2.69. The van der Waals surface area contributed by atoms with Gasteiger partial charge in [-0.1, -0.05) is 0 Å². The minimum atomic E-state index is -2.94. The van der Waals surface area contributed by atoms with Crippen molar-refractivity contribution in [1.29, 1.82) is 0 Å². The third-order valence-corrected chi connectivity index (χ3v) is 8.80. The highest BCUT2D eigenvalue weighted by molar-refractivity contribution is 5.76. The smallest absolute Gasteiger partial charge is 0.364 e. The highest BCUT2D eigenvalue weighted by atomic mass is 16.8. The highest BCUT2D eigenvalue weighted by Crippen LogP contribution is 2.38. The number of ether oxygens (including phenoxy) is 7. The quantitative estimate of drug-likeness (QED) is 0.0897. The number of carbonyl (C=O) groups is 1. The fourth-order valence-electron chi connectivity index (χ4n) is 5.88. The van der Waals surface area contributed by atoms with Crippen LogP contribution in [0.2, 0.25) is 0 Å². The van der Waals surface area contributed by atoms with Crippen LogP contribution in [0.5, 0.6) is 0 Å². The molecule has 0 aliphatic carbocycles. The van der Waals surface area contributed by atoms with E-state index in [4.69, 9.17) is 38.9 Å². The monoisotopic (exact) mass is 703 g/mol. The van der Waals surface area contributed by atoms with Crippen LogP contribution in [0.25, 0.3) is 0 Å². The number of carboxylic acid groups (broad SMARTS) is 1. The van der Waals surface area contributed by atoms with E-state index in [9.17, 15) is 66.1 Å². The van der Waals surface area contributed by atoms with Crippen LogP contribution in [0.4, 0.5) is 0 Å². The summed E-state index contributed by atoms with van der Waals surface area (Å²) < 4.78 is 39.2. The zero-order valence-electron chi connectivity index (χ0n) is 25.6. The summed E-state index contributed by atoms with van der Waals surface area (Å²) in [7, 11) is 0. The first-order valence-electron chi connectivity index (χ1n) is 15.2. The van der Waals surface area contributed by atoms with Crippen LogP contribution in [-0.4, -0.2) is 203 Å². The van der Waals surface area contributed by atoms with Gasteiger partial charge in [-0.15, -0.1) is 0 Å². The van der Waals surface area contributed by atoms with Gasteiger partial charge in [-0.2, -0.15) is 0 Å². The van der Waals surface area contributed by atoms with Gasteiger partial charge in [0.2, 0.25) is 0 Å². The molecule has 0 aromatic carbocycles. The lowest BCUT2D eigenvalue weighted by atomic mass is 9.88. The van der Waals surface area contributed by atoms with Gasteiger partial charge >= 0.3 is 5.97 Å². The zero-order chi connectivity index (χ0) is 35.7. The number of aliphatic hydroxyl groups is 11. The van der Waals surface area contributed by atoms with Crippen molar-refractivity contribution in [3.05, 3.63) is 12.3 Å². The Morgan fingerprint density at radius 3 is 2.15 bits per heavy atom. The summed E-state index contributed by atoms with van der Waals surface area (Å²) >= 11 is 0. The fourth-order valence-corrected chi connectivity index (χ4v) is 5.88. The largest absolute Gasteiger partial charge is 0.493 e. The third kappa shape index (κ3) is 7.78. The van der Waals surface area contributed by atoms with E-state index in [1.54, 1.807) is 0 Å². The van der Waals surface area contributed by atoms with Gasteiger partial charge in [0.25, 0.3) is 5.79 Å². The molecule has 0 unspecified atom stereocenters. The maximum atomic E-state index is 12.6. The zero-order valence-corrected chi connectivity index (χ0v) is 25.6. The molecule has 3 saturated heterocycles. The molecule has 0 amide bonds. The van der Waals surface area contributed by atoms with E-state index < -0.39 is 148 Å². The number of hydrogen-bond donors (Lipinski definition) is 13. The van der Waals surface area contributed by atoms with Crippen LogP contribution in [0.3, 0.4) is 0 Å². The molecule has 0 aromatic rings. The number of carboxylic acids is 1. The predicted molar refractivity (Wildman–Crippen MR) is 149 cm³/mol. The summed E-state index contributed by atoms with van der Waals surface area (Å²) in [5.74, 6) is -4.85. The SMILES string of the molecule is C[C@@H]1O[C@@H](O[C@H]2[C@H](O[C@@H]3O[C@H](CO)[C@H](O)[C@H](O[C@]4(C(=O)O)C[C@H](O)[C@@H](N)[C@H]([C@H](O)[C@H](O)CO)O4)[C@H]3O)C=CO[C@@H]2CO)[C@@H](O)[C@H](O)[C@@H]1O. The van der Waals surface area contributed by atoms with Gasteiger partial charge in [-0.25, -0.2) is 4.79 Å². The first-order valence-corrected chi connectivity index (χ1v) is 15.2. The molecule has 4 aliphatic rings. The van der Waals surface area contributed by atoms with Crippen LogP contribution < -0.4 is 5.73 Å². The molecule has 278 valence electrons. The van der Waals surface area contributed by atoms with Crippen LogP contribution in [0, 0.1) is 0 Å². The molecule has 0 bridgehead atoms. The molecule has 19 atom stereocenters. The molecule has 4 aliphatic heterocycles. The Hall–Kier alpha value is -1.71. The van der Waals surface area contributed by atoms with Gasteiger partial charge in [0.15, 0.2) is 12.6 Å². The molecular formula is C27H45NO20. The Kier molecular flexibility index (Phi) is 13.1. The molecule has 4 rings (SSSR count). The number of rotatable bonds is 12. The Morgan fingerprint density at radius 2 is 1.54 bits per heavy atom. The molecule has 21 nitrogen and oxygen atoms in total. The van der Waals surface area contributed by atoms with E-state index in [2.05, 4.69) is 0 Å². The summed E-state index contributed by atoms with van der Waals surface area (Å²) in [6, 6.07) is -1.49. The highest BCUT2D eigenvalue weighted by Gasteiger charge is 2.59. The van der Waals surface area contributed by atoms with Gasteiger partial charge in [0.05, 0.1) is 44.3 Å². The Balaban J connectivity index is 1.59. The van der Waals surface area contributed by atoms with Crippen molar-refractivity contribution in [2.45, 2.75) is 129 Å². The summed E-state index contributed by atoms with van der Waals surface area (Å²) in [4.78, 5) is 12.6. The molecule has 0 saturated carbocycles. The lowest BCUT2D eigenvalue weighted by molar-refractivity contribution is -0.376. The maximum Gasteiger partial charge on any atom is 0.364 e. The van der Waals surface area contributed by atoms with Crippen molar-refractivity contribution in [2.24, 2.45) is 5.73 Å². The summed E-state index contributed by atoms with van der Waals surface area (Å²) in [5.41, 5.74) is 5.88. The first-order chi connectivity index (χ1) is 22.6. The second kappa shape index (κ2) is 16.1. The molecule has 3 fully saturated rings. The minimum absolute atomic E-state index is 0.683. The topological polar surface area (TPSA) is 350 Å². The summed E-state index contributed by atoms with van der Waals surface area (Å²) in [5, 5.41) is 123. The van der Waals surface area contributed by atoms with Crippen molar-refractivity contribution in [3.8, 4) is 0 Å². The van der Waals surface area contributed by atoms with Crippen molar-refractivity contribution >= 4 is 5.97 Å². The normalized spacial score (nSPS) is 48.0. The second-order valence-corrected chi connectivity index (χ2v) is 12.1. The average molecular weight is 704 g/mol. The number of hydrogen-bond acceptors (Lipinski definition) is 20. The van der Waals surface area contributed by atoms with E-state index >= 15 is 0 Å². The molecule has 4 heterocycles. The van der Waals surface area contributed by atoms with E-state index in [0.29, 0.717) is 0 Å². The van der Waals surface area contributed by atoms with Crippen molar-refractivity contribution in [1.82, 2.24) is 0 Å². The number of aliphatic carboxylic acids is 1. The van der Waals surface area contributed by atoms with Crippen molar-refractivity contribution in [3.63, 3.8) is 0 Å². The first kappa shape index (κ1) is 39.1. The van der Waals surface area contributed by atoms with Gasteiger partial charge in [-0.3, -0.25) is 0 Å². The number of nitrogens with two attached hydrogens (primary N) is 1. The standard InChI is InChI=1S/C27H45NO20/c1-8-15(34)18(37)19(38)24(43-8)46-21-11(2-3-42-13(21)7-31)44-25-20(39)23(17(36)12(6-30)45-25)48-27(26(40)41)4-9(32)14(28)22(47-27)16(35)10(33)5-29/h2-3,8-25,29-39H,4-7,28H2,1H3,(H,40,41)/t8-,9-,10+,11+,12+,13+,14+,15+,16+,17-,18+,19-,20+,21-,22+,23-,24-,25+,27-/m0/s1. The van der Waals surface area contributed by atoms with E-state index in [1.165, 1.54) is 13.0 Å². The summed E-state index contributed by atoms with van der Waals surface area (Å²) in [6.07, 6.45) is -27.0. The Labute approximate surface area is 272 Å². The molecular weight excluding hydrogens is 658 g/mol. The molecule has 14 N–H and O–H groups in total. The Morgan fingerprint density at radius 1 is 0.896 bits per heavy atom. The van der Waals surface area contributed by atoms with Gasteiger partial charge in [0.1, 0.15) is 79.4 Å². The lowest BCUT2D eigenvalue weighted by Gasteiger charge is -2.49. The van der Waals surface area contributed by atoms with Gasteiger partial charge in [-0.05, 0) is 13.0 Å². The van der Waals surface area contributed by atoms with Crippen LogP contribution in [0.15, 0.2) is 12.3 Å². The molecule has 0 spiro atoms. The Bertz CT molecular complexity index is 1090. The van der Waals surface area contributed by atoms with E-state index in [0.717, 1.165) is 6.26 Å². The number of aliphatic hydroxyl groups excluding tert-OH is 11.